The number of carbonyl (C=O) groups is 1. The Morgan fingerprint density at radius 2 is 1.68 bits per heavy atom. The van der Waals surface area contributed by atoms with Gasteiger partial charge in [-0.2, -0.15) is 13.2 Å². The summed E-state index contributed by atoms with van der Waals surface area (Å²) in [6.45, 7) is 0. The molecule has 1 aromatic carbocycles. The lowest BCUT2D eigenvalue weighted by atomic mass is 9.54. The van der Waals surface area contributed by atoms with Crippen molar-refractivity contribution in [2.75, 3.05) is 0 Å². The van der Waals surface area contributed by atoms with E-state index in [2.05, 4.69) is 15.6 Å². The number of alkyl halides is 3. The van der Waals surface area contributed by atoms with Crippen LogP contribution in [0.15, 0.2) is 30.5 Å². The van der Waals surface area contributed by atoms with E-state index in [-0.39, 0.29) is 23.3 Å². The second-order valence-corrected chi connectivity index (χ2v) is 8.49. The number of amides is 1. The summed E-state index contributed by atoms with van der Waals surface area (Å²) in [6.07, 6.45) is 2.78. The maximum absolute atomic E-state index is 13.2. The summed E-state index contributed by atoms with van der Waals surface area (Å²) in [7, 11) is 0. The van der Waals surface area contributed by atoms with E-state index >= 15 is 0 Å². The molecule has 1 heterocycles. The minimum Gasteiger partial charge on any atom is -0.347 e. The van der Waals surface area contributed by atoms with Crippen molar-refractivity contribution in [2.45, 2.75) is 44.3 Å². The molecule has 0 saturated heterocycles. The molecule has 0 radical (unpaired) electrons. The molecule has 4 fully saturated rings. The molecule has 4 bridgehead atoms. The third kappa shape index (κ3) is 2.99. The maximum atomic E-state index is 13.2. The molecule has 6 rings (SSSR count). The molecule has 1 N–H and O–H groups in total. The molecule has 0 atom stereocenters. The van der Waals surface area contributed by atoms with Crippen molar-refractivity contribution in [1.82, 2.24) is 20.3 Å². The Balaban J connectivity index is 1.35. The molecule has 2 aromatic rings. The Labute approximate surface area is 160 Å². The van der Waals surface area contributed by atoms with Gasteiger partial charge in [0.25, 0.3) is 5.91 Å². The Hall–Kier alpha value is -2.38. The van der Waals surface area contributed by atoms with Gasteiger partial charge in [0, 0.05) is 6.04 Å². The zero-order chi connectivity index (χ0) is 19.5. The van der Waals surface area contributed by atoms with Crippen LogP contribution in [0, 0.1) is 23.7 Å². The molecule has 28 heavy (non-hydrogen) atoms. The van der Waals surface area contributed by atoms with E-state index in [0.29, 0.717) is 11.8 Å². The van der Waals surface area contributed by atoms with Crippen LogP contribution in [-0.2, 0) is 6.18 Å². The number of benzene rings is 1. The van der Waals surface area contributed by atoms with Gasteiger partial charge in [-0.25, -0.2) is 4.68 Å². The van der Waals surface area contributed by atoms with Crippen LogP contribution in [0.1, 0.15) is 48.2 Å². The van der Waals surface area contributed by atoms with Gasteiger partial charge in [0.1, 0.15) is 0 Å². The Kier molecular flexibility index (Phi) is 4.00. The SMILES string of the molecule is O=C(NC1C2CC3CC(C2)CC1C3)c1cn(-c2ccccc2C(F)(F)F)nn1. The molecule has 4 saturated carbocycles. The normalized spacial score (nSPS) is 31.2. The van der Waals surface area contributed by atoms with Gasteiger partial charge in [0.15, 0.2) is 5.69 Å². The highest BCUT2D eigenvalue weighted by Gasteiger charge is 2.48. The van der Waals surface area contributed by atoms with Crippen LogP contribution in [0.25, 0.3) is 5.69 Å². The van der Waals surface area contributed by atoms with E-state index in [1.807, 2.05) is 0 Å². The summed E-state index contributed by atoms with van der Waals surface area (Å²) in [5, 5.41) is 10.7. The zero-order valence-corrected chi connectivity index (χ0v) is 15.2. The monoisotopic (exact) mass is 390 g/mol. The van der Waals surface area contributed by atoms with E-state index in [0.717, 1.165) is 22.6 Å². The number of hydrogen-bond acceptors (Lipinski definition) is 3. The number of halogens is 3. The van der Waals surface area contributed by atoms with E-state index in [1.54, 1.807) is 0 Å². The van der Waals surface area contributed by atoms with Gasteiger partial charge in [0.2, 0.25) is 0 Å². The number of para-hydroxylation sites is 1. The third-order valence-corrected chi connectivity index (χ3v) is 6.71. The molecule has 148 valence electrons. The van der Waals surface area contributed by atoms with Crippen LogP contribution in [0.5, 0.6) is 0 Å². The van der Waals surface area contributed by atoms with Crippen LogP contribution < -0.4 is 5.32 Å². The molecular formula is C20H21F3N4O. The fourth-order valence-electron chi connectivity index (χ4n) is 5.78. The minimum atomic E-state index is -4.51. The first-order chi connectivity index (χ1) is 13.4. The van der Waals surface area contributed by atoms with Crippen molar-refractivity contribution < 1.29 is 18.0 Å². The predicted octanol–water partition coefficient (Wildman–Crippen LogP) is 3.84. The van der Waals surface area contributed by atoms with Crippen LogP contribution in [0.3, 0.4) is 0 Å². The smallest absolute Gasteiger partial charge is 0.347 e. The van der Waals surface area contributed by atoms with Crippen molar-refractivity contribution >= 4 is 5.91 Å². The van der Waals surface area contributed by atoms with Crippen LogP contribution in [0.4, 0.5) is 13.2 Å². The van der Waals surface area contributed by atoms with Crippen molar-refractivity contribution in [3.63, 3.8) is 0 Å². The van der Waals surface area contributed by atoms with Crippen LogP contribution in [-0.4, -0.2) is 26.9 Å². The lowest BCUT2D eigenvalue weighted by Gasteiger charge is -2.54. The van der Waals surface area contributed by atoms with Crippen molar-refractivity contribution in [1.29, 1.82) is 0 Å². The Bertz CT molecular complexity index is 879. The molecule has 0 unspecified atom stereocenters. The van der Waals surface area contributed by atoms with Gasteiger partial charge in [0.05, 0.1) is 17.4 Å². The van der Waals surface area contributed by atoms with Crippen LogP contribution in [0.2, 0.25) is 0 Å². The average molecular weight is 390 g/mol. The molecule has 1 amide bonds. The van der Waals surface area contributed by atoms with Crippen molar-refractivity contribution in [3.05, 3.63) is 41.7 Å². The zero-order valence-electron chi connectivity index (χ0n) is 15.2. The summed E-state index contributed by atoms with van der Waals surface area (Å²) < 4.78 is 40.7. The molecule has 5 nitrogen and oxygen atoms in total. The molecule has 1 aromatic heterocycles. The minimum absolute atomic E-state index is 0.0470. The highest BCUT2D eigenvalue weighted by atomic mass is 19.4. The first kappa shape index (κ1) is 17.7. The highest BCUT2D eigenvalue weighted by molar-refractivity contribution is 5.92. The second kappa shape index (κ2) is 6.32. The summed E-state index contributed by atoms with van der Waals surface area (Å²) in [4.78, 5) is 12.7. The highest BCUT2D eigenvalue weighted by Crippen LogP contribution is 2.53. The average Bonchev–Trinajstić information content (AvgIpc) is 3.13. The number of aromatic nitrogens is 3. The van der Waals surface area contributed by atoms with Crippen LogP contribution >= 0.6 is 0 Å². The Morgan fingerprint density at radius 1 is 1.04 bits per heavy atom. The lowest BCUT2D eigenvalue weighted by Crippen LogP contribution is -2.55. The first-order valence-electron chi connectivity index (χ1n) is 9.78. The van der Waals surface area contributed by atoms with Gasteiger partial charge < -0.3 is 5.32 Å². The summed E-state index contributed by atoms with van der Waals surface area (Å²) in [5.41, 5.74) is -0.908. The fraction of sp³-hybridized carbons (Fsp3) is 0.550. The van der Waals surface area contributed by atoms with Gasteiger partial charge in [-0.15, -0.1) is 5.10 Å². The van der Waals surface area contributed by atoms with Gasteiger partial charge in [-0.1, -0.05) is 17.3 Å². The number of nitrogens with one attached hydrogen (secondary N) is 1. The van der Waals surface area contributed by atoms with E-state index in [4.69, 9.17) is 0 Å². The quantitative estimate of drug-likeness (QED) is 0.866. The molecule has 4 aliphatic rings. The predicted molar refractivity (Wildman–Crippen MR) is 94.7 cm³/mol. The van der Waals surface area contributed by atoms with E-state index < -0.39 is 11.7 Å². The standard InChI is InChI=1S/C20H21F3N4O/c21-20(22,23)15-3-1-2-4-17(15)27-10-16(25-26-27)19(28)24-18-13-6-11-5-12(8-13)9-14(18)7-11/h1-4,10-14,18H,5-9H2,(H,24,28). The molecule has 0 aliphatic heterocycles. The van der Waals surface area contributed by atoms with E-state index in [9.17, 15) is 18.0 Å². The fourth-order valence-corrected chi connectivity index (χ4v) is 5.78. The summed E-state index contributed by atoms with van der Waals surface area (Å²) in [6, 6.07) is 5.28. The number of hydrogen-bond donors (Lipinski definition) is 1. The Morgan fingerprint density at radius 3 is 2.32 bits per heavy atom. The maximum Gasteiger partial charge on any atom is 0.418 e. The van der Waals surface area contributed by atoms with Gasteiger partial charge in [-0.3, -0.25) is 4.79 Å². The molecule has 8 heteroatoms. The van der Waals surface area contributed by atoms with Gasteiger partial charge >= 0.3 is 6.18 Å². The summed E-state index contributed by atoms with van der Waals surface area (Å²) in [5.74, 6) is 2.28. The van der Waals surface area contributed by atoms with Gasteiger partial charge in [-0.05, 0) is 67.9 Å². The summed E-state index contributed by atoms with van der Waals surface area (Å²) >= 11 is 0. The van der Waals surface area contributed by atoms with E-state index in [1.165, 1.54) is 56.5 Å². The molecular weight excluding hydrogens is 369 g/mol. The number of nitrogens with zero attached hydrogens (tertiary/aromatic N) is 3. The largest absolute Gasteiger partial charge is 0.418 e. The molecule has 0 spiro atoms. The number of rotatable bonds is 3. The lowest BCUT2D eigenvalue weighted by molar-refractivity contribution is -0.137. The third-order valence-electron chi connectivity index (χ3n) is 6.71. The second-order valence-electron chi connectivity index (χ2n) is 8.49. The first-order valence-corrected chi connectivity index (χ1v) is 9.78. The van der Waals surface area contributed by atoms with Crippen molar-refractivity contribution in [3.8, 4) is 5.69 Å². The molecule has 4 aliphatic carbocycles. The number of carbonyl (C=O) groups excluding carboxylic acids is 1. The van der Waals surface area contributed by atoms with Crippen molar-refractivity contribution in [2.24, 2.45) is 23.7 Å². The topological polar surface area (TPSA) is 59.8 Å².